The zero-order valence-electron chi connectivity index (χ0n) is 48.8. The number of hydrogen-bond donors (Lipinski definition) is 0. The van der Waals surface area contributed by atoms with Crippen LogP contribution < -0.4 is 0 Å². The maximum Gasteiger partial charge on any atom is 0.306 e. The smallest absolute Gasteiger partial charge is 0.306 e. The molecule has 0 rings (SSSR count). The van der Waals surface area contributed by atoms with Gasteiger partial charge >= 0.3 is 17.9 Å². The summed E-state index contributed by atoms with van der Waals surface area (Å²) in [7, 11) is 0. The van der Waals surface area contributed by atoms with Crippen molar-refractivity contribution in [2.45, 2.75) is 316 Å². The van der Waals surface area contributed by atoms with E-state index in [1.54, 1.807) is 0 Å². The van der Waals surface area contributed by atoms with Crippen molar-refractivity contribution in [1.29, 1.82) is 0 Å². The minimum absolute atomic E-state index is 0.0931. The average Bonchev–Trinajstić information content (AvgIpc) is 3.40. The van der Waals surface area contributed by atoms with E-state index in [4.69, 9.17) is 14.2 Å². The lowest BCUT2D eigenvalue weighted by Gasteiger charge is -2.18. The SMILES string of the molecule is CC/C=C\C/C=C\C/C=C\C/C=C\C/C=C\CCCCCC(=O)OCC(COC(=O)CCCCCCC/C=C\C=C/CCCCCCCCC)OC(=O)CCCCCCCCCCCCCCCCCCCCC. The molecule has 0 radical (unpaired) electrons. The van der Waals surface area contributed by atoms with Gasteiger partial charge in [0, 0.05) is 19.3 Å². The van der Waals surface area contributed by atoms with Crippen molar-refractivity contribution in [2.24, 2.45) is 0 Å². The van der Waals surface area contributed by atoms with Crippen LogP contribution in [0.25, 0.3) is 0 Å². The molecule has 0 aliphatic rings. The molecule has 0 spiro atoms. The Morgan fingerprint density at radius 1 is 0.297 bits per heavy atom. The molecule has 0 aromatic heterocycles. The first-order valence-electron chi connectivity index (χ1n) is 31.6. The Hall–Kier alpha value is -3.41. The maximum atomic E-state index is 12.9. The number of allylic oxidation sites excluding steroid dienone is 14. The van der Waals surface area contributed by atoms with Crippen LogP contribution in [0.2, 0.25) is 0 Å². The summed E-state index contributed by atoms with van der Waals surface area (Å²) in [5, 5.41) is 0. The third kappa shape index (κ3) is 59.5. The number of unbranched alkanes of at least 4 members (excludes halogenated alkanes) is 33. The molecule has 0 bridgehead atoms. The van der Waals surface area contributed by atoms with Crippen LogP contribution in [0.1, 0.15) is 310 Å². The molecule has 0 aromatic rings. The number of carbonyl (C=O) groups excluding carboxylic acids is 3. The van der Waals surface area contributed by atoms with E-state index in [9.17, 15) is 14.4 Å². The Morgan fingerprint density at radius 2 is 0.568 bits per heavy atom. The maximum absolute atomic E-state index is 12.9. The fraction of sp³-hybridized carbons (Fsp3) is 0.750. The van der Waals surface area contributed by atoms with Crippen molar-refractivity contribution in [3.05, 3.63) is 85.1 Å². The Labute approximate surface area is 458 Å². The number of hydrogen-bond acceptors (Lipinski definition) is 6. The molecule has 6 heteroatoms. The quantitative estimate of drug-likeness (QED) is 0.0199. The summed E-state index contributed by atoms with van der Waals surface area (Å²) >= 11 is 0. The van der Waals surface area contributed by atoms with E-state index in [0.29, 0.717) is 19.3 Å². The van der Waals surface area contributed by atoms with E-state index in [0.717, 1.165) is 116 Å². The third-order valence-electron chi connectivity index (χ3n) is 13.7. The van der Waals surface area contributed by atoms with Crippen LogP contribution in [0.5, 0.6) is 0 Å². The van der Waals surface area contributed by atoms with Crippen LogP contribution >= 0.6 is 0 Å². The second-order valence-electron chi connectivity index (χ2n) is 21.0. The van der Waals surface area contributed by atoms with Gasteiger partial charge in [0.05, 0.1) is 0 Å². The van der Waals surface area contributed by atoms with Crippen LogP contribution in [-0.2, 0) is 28.6 Å². The topological polar surface area (TPSA) is 78.9 Å². The fourth-order valence-corrected chi connectivity index (χ4v) is 8.93. The average molecular weight is 1030 g/mol. The van der Waals surface area contributed by atoms with Crippen molar-refractivity contribution in [1.82, 2.24) is 0 Å². The normalized spacial score (nSPS) is 12.6. The van der Waals surface area contributed by atoms with Crippen LogP contribution in [0.4, 0.5) is 0 Å². The highest BCUT2D eigenvalue weighted by Crippen LogP contribution is 2.16. The Morgan fingerprint density at radius 3 is 0.919 bits per heavy atom. The molecule has 0 heterocycles. The molecule has 1 atom stereocenters. The lowest BCUT2D eigenvalue weighted by atomic mass is 10.0. The molecule has 0 aromatic carbocycles. The van der Waals surface area contributed by atoms with E-state index in [1.165, 1.54) is 154 Å². The molecule has 0 saturated carbocycles. The summed E-state index contributed by atoms with van der Waals surface area (Å²) in [5.74, 6) is -0.926. The van der Waals surface area contributed by atoms with Gasteiger partial charge in [0.25, 0.3) is 0 Å². The van der Waals surface area contributed by atoms with Crippen LogP contribution in [0.3, 0.4) is 0 Å². The number of ether oxygens (including phenoxy) is 3. The van der Waals surface area contributed by atoms with E-state index >= 15 is 0 Å². The van der Waals surface area contributed by atoms with Gasteiger partial charge in [-0.25, -0.2) is 0 Å². The minimum atomic E-state index is -0.797. The predicted octanol–water partition coefficient (Wildman–Crippen LogP) is 21.5. The first kappa shape index (κ1) is 70.6. The summed E-state index contributed by atoms with van der Waals surface area (Å²) in [4.78, 5) is 38.3. The Balaban J connectivity index is 4.45. The number of rotatable bonds is 57. The lowest BCUT2D eigenvalue weighted by molar-refractivity contribution is -0.167. The molecule has 0 saturated heterocycles. The summed E-state index contributed by atoms with van der Waals surface area (Å²) in [6.45, 7) is 6.52. The second-order valence-corrected chi connectivity index (χ2v) is 21.0. The number of carbonyl (C=O) groups is 3. The molecule has 74 heavy (non-hydrogen) atoms. The molecule has 1 unspecified atom stereocenters. The van der Waals surface area contributed by atoms with Crippen molar-refractivity contribution in [3.8, 4) is 0 Å². The van der Waals surface area contributed by atoms with Crippen molar-refractivity contribution < 1.29 is 28.6 Å². The van der Waals surface area contributed by atoms with Gasteiger partial charge in [-0.1, -0.05) is 286 Å². The Kier molecular flexibility index (Phi) is 59.3. The highest BCUT2D eigenvalue weighted by molar-refractivity contribution is 5.71. The van der Waals surface area contributed by atoms with Crippen LogP contribution in [-0.4, -0.2) is 37.2 Å². The highest BCUT2D eigenvalue weighted by Gasteiger charge is 2.19. The third-order valence-corrected chi connectivity index (χ3v) is 13.7. The first-order valence-corrected chi connectivity index (χ1v) is 31.6. The van der Waals surface area contributed by atoms with Gasteiger partial charge in [-0.15, -0.1) is 0 Å². The standard InChI is InChI=1S/C68H118O6/c1-4-7-10-13-16-19-22-25-28-31-34-37-40-43-46-49-52-55-58-61-67(70)73-64-65(63-72-66(69)60-57-54-51-48-45-42-39-36-33-30-27-24-21-18-15-12-9-6-3)74-68(71)62-59-56-53-50-47-44-41-38-35-32-29-26-23-20-17-14-11-8-5-2/h7,10,16,19,25,28,30,33-34,36-37,39,43,46,65H,4-6,8-9,11-15,17-18,20-24,26-27,29,31-32,35,38,40-42,44-45,47-64H2,1-3H3/b10-7-,19-16-,28-25-,33-30-,37-34-,39-36-,46-43-. The second kappa shape index (κ2) is 62.1. The molecule has 0 aliphatic carbocycles. The fourth-order valence-electron chi connectivity index (χ4n) is 8.93. The van der Waals surface area contributed by atoms with Crippen LogP contribution in [0.15, 0.2) is 85.1 Å². The molecule has 426 valence electrons. The monoisotopic (exact) mass is 1030 g/mol. The molecule has 0 aliphatic heterocycles. The van der Waals surface area contributed by atoms with E-state index in [-0.39, 0.29) is 31.1 Å². The van der Waals surface area contributed by atoms with Gasteiger partial charge in [0.1, 0.15) is 13.2 Å². The van der Waals surface area contributed by atoms with Gasteiger partial charge in [0.15, 0.2) is 6.10 Å². The van der Waals surface area contributed by atoms with Crippen LogP contribution in [0, 0.1) is 0 Å². The molecular weight excluding hydrogens is 913 g/mol. The van der Waals surface area contributed by atoms with E-state index in [2.05, 4.69) is 106 Å². The van der Waals surface area contributed by atoms with E-state index < -0.39 is 6.10 Å². The summed E-state index contributed by atoms with van der Waals surface area (Å²) in [6.07, 6.45) is 81.5. The van der Waals surface area contributed by atoms with Crippen molar-refractivity contribution in [3.63, 3.8) is 0 Å². The summed E-state index contributed by atoms with van der Waals surface area (Å²) in [5.41, 5.74) is 0. The molecule has 0 N–H and O–H groups in total. The van der Waals surface area contributed by atoms with Crippen molar-refractivity contribution >= 4 is 17.9 Å². The van der Waals surface area contributed by atoms with Crippen molar-refractivity contribution in [2.75, 3.05) is 13.2 Å². The summed E-state index contributed by atoms with van der Waals surface area (Å²) in [6, 6.07) is 0. The number of esters is 3. The van der Waals surface area contributed by atoms with Gasteiger partial charge in [0.2, 0.25) is 0 Å². The van der Waals surface area contributed by atoms with Gasteiger partial charge < -0.3 is 14.2 Å². The largest absolute Gasteiger partial charge is 0.462 e. The van der Waals surface area contributed by atoms with Gasteiger partial charge in [-0.2, -0.15) is 0 Å². The summed E-state index contributed by atoms with van der Waals surface area (Å²) < 4.78 is 16.9. The molecule has 0 fully saturated rings. The Bertz CT molecular complexity index is 1420. The lowest BCUT2D eigenvalue weighted by Crippen LogP contribution is -2.30. The minimum Gasteiger partial charge on any atom is -0.462 e. The van der Waals surface area contributed by atoms with Gasteiger partial charge in [-0.3, -0.25) is 14.4 Å². The zero-order chi connectivity index (χ0) is 53.6. The van der Waals surface area contributed by atoms with E-state index in [1.807, 2.05) is 0 Å². The predicted molar refractivity (Wildman–Crippen MR) is 321 cm³/mol. The first-order chi connectivity index (χ1) is 36.5. The molecular formula is C68H118O6. The highest BCUT2D eigenvalue weighted by atomic mass is 16.6. The molecule has 6 nitrogen and oxygen atoms in total. The zero-order valence-corrected chi connectivity index (χ0v) is 48.8. The van der Waals surface area contributed by atoms with Gasteiger partial charge in [-0.05, 0) is 89.9 Å². The molecule has 0 amide bonds.